The molecule has 1 unspecified atom stereocenters. The number of hydrogen-bond acceptors (Lipinski definition) is 3. The van der Waals surface area contributed by atoms with Crippen molar-refractivity contribution < 1.29 is 8.42 Å². The molecule has 0 aliphatic rings. The van der Waals surface area contributed by atoms with Gasteiger partial charge < -0.3 is 5.32 Å². The van der Waals surface area contributed by atoms with E-state index in [1.165, 1.54) is 4.31 Å². The molecule has 0 amide bonds. The summed E-state index contributed by atoms with van der Waals surface area (Å²) in [6.45, 7) is 6.68. The molecule has 6 heteroatoms. The van der Waals surface area contributed by atoms with Gasteiger partial charge in [-0.3, -0.25) is 0 Å². The summed E-state index contributed by atoms with van der Waals surface area (Å²) in [5, 5.41) is 3.27. The summed E-state index contributed by atoms with van der Waals surface area (Å²) in [5.74, 6) is 0.434. The van der Waals surface area contributed by atoms with E-state index in [2.05, 4.69) is 19.2 Å². The number of halogens is 1. The molecule has 21 heavy (non-hydrogen) atoms. The fourth-order valence-corrected chi connectivity index (χ4v) is 4.18. The van der Waals surface area contributed by atoms with Crippen LogP contribution in [0.5, 0.6) is 0 Å². The Morgan fingerprint density at radius 2 is 1.90 bits per heavy atom. The second-order valence-electron chi connectivity index (χ2n) is 5.79. The Morgan fingerprint density at radius 3 is 2.43 bits per heavy atom. The van der Waals surface area contributed by atoms with Gasteiger partial charge in [0, 0.05) is 19.6 Å². The number of sulfonamides is 1. The van der Waals surface area contributed by atoms with Crippen molar-refractivity contribution >= 4 is 21.6 Å². The molecular weight excluding hydrogens is 308 g/mol. The van der Waals surface area contributed by atoms with E-state index in [1.807, 2.05) is 20.0 Å². The highest BCUT2D eigenvalue weighted by Gasteiger charge is 2.28. The van der Waals surface area contributed by atoms with Crippen LogP contribution in [0.25, 0.3) is 0 Å². The molecule has 0 fully saturated rings. The molecule has 0 spiro atoms. The number of nitrogens with zero attached hydrogens (tertiary/aromatic N) is 1. The van der Waals surface area contributed by atoms with Crippen LogP contribution in [0.15, 0.2) is 23.1 Å². The molecule has 0 radical (unpaired) electrons. The molecule has 1 rings (SSSR count). The first-order valence-corrected chi connectivity index (χ1v) is 8.93. The second kappa shape index (κ2) is 7.58. The molecule has 0 aliphatic heterocycles. The maximum Gasteiger partial charge on any atom is 0.244 e. The monoisotopic (exact) mass is 332 g/mol. The second-order valence-corrected chi connectivity index (χ2v) is 8.17. The first-order valence-electron chi connectivity index (χ1n) is 7.11. The lowest BCUT2D eigenvalue weighted by Crippen LogP contribution is -2.36. The van der Waals surface area contributed by atoms with E-state index in [9.17, 15) is 8.42 Å². The fourth-order valence-electron chi connectivity index (χ4n) is 2.28. The predicted molar refractivity (Wildman–Crippen MR) is 88.1 cm³/mol. The van der Waals surface area contributed by atoms with Gasteiger partial charge >= 0.3 is 0 Å². The normalized spacial score (nSPS) is 13.9. The van der Waals surface area contributed by atoms with Crippen LogP contribution in [0.2, 0.25) is 5.02 Å². The van der Waals surface area contributed by atoms with Gasteiger partial charge in [-0.15, -0.1) is 0 Å². The third kappa shape index (κ3) is 4.68. The van der Waals surface area contributed by atoms with Crippen molar-refractivity contribution in [2.75, 3.05) is 14.1 Å². The van der Waals surface area contributed by atoms with Crippen molar-refractivity contribution in [3.8, 4) is 0 Å². The third-order valence-electron chi connectivity index (χ3n) is 3.47. The zero-order valence-electron chi connectivity index (χ0n) is 13.4. The molecule has 0 aliphatic carbocycles. The van der Waals surface area contributed by atoms with Crippen LogP contribution in [-0.4, -0.2) is 32.9 Å². The van der Waals surface area contributed by atoms with Crippen LogP contribution in [-0.2, 0) is 16.6 Å². The predicted octanol–water partition coefficient (Wildman–Crippen LogP) is 3.11. The molecule has 1 aromatic rings. The lowest BCUT2D eigenvalue weighted by atomic mass is 10.1. The SMILES string of the molecule is CNCc1ccc(Cl)c(S(=O)(=O)N(C)C(C)CC(C)C)c1. The van der Waals surface area contributed by atoms with Crippen LogP contribution in [0, 0.1) is 5.92 Å². The lowest BCUT2D eigenvalue weighted by molar-refractivity contribution is 0.338. The van der Waals surface area contributed by atoms with Crippen LogP contribution < -0.4 is 5.32 Å². The summed E-state index contributed by atoms with van der Waals surface area (Å²) < 4.78 is 26.9. The van der Waals surface area contributed by atoms with Crippen molar-refractivity contribution in [1.82, 2.24) is 9.62 Å². The molecule has 1 N–H and O–H groups in total. The number of benzene rings is 1. The average Bonchev–Trinajstić information content (AvgIpc) is 2.39. The number of hydrogen-bond donors (Lipinski definition) is 1. The molecule has 0 saturated heterocycles. The molecule has 1 aromatic carbocycles. The molecule has 0 aromatic heterocycles. The zero-order valence-corrected chi connectivity index (χ0v) is 14.9. The summed E-state index contributed by atoms with van der Waals surface area (Å²) in [6, 6.07) is 5.04. The molecular formula is C15H25ClN2O2S. The Kier molecular flexibility index (Phi) is 6.66. The Balaban J connectivity index is 3.14. The van der Waals surface area contributed by atoms with Crippen LogP contribution in [0.1, 0.15) is 32.8 Å². The summed E-state index contributed by atoms with van der Waals surface area (Å²) >= 11 is 6.11. The first kappa shape index (κ1) is 18.4. The van der Waals surface area contributed by atoms with Crippen LogP contribution in [0.4, 0.5) is 0 Å². The van der Waals surface area contributed by atoms with E-state index in [1.54, 1.807) is 19.2 Å². The van der Waals surface area contributed by atoms with Gasteiger partial charge in [-0.2, -0.15) is 4.31 Å². The average molecular weight is 333 g/mol. The Labute approximate surface area is 133 Å². The molecule has 0 bridgehead atoms. The van der Waals surface area contributed by atoms with Crippen molar-refractivity contribution in [2.45, 2.75) is 44.7 Å². The van der Waals surface area contributed by atoms with E-state index in [0.29, 0.717) is 12.5 Å². The van der Waals surface area contributed by atoms with Gasteiger partial charge in [-0.25, -0.2) is 8.42 Å². The standard InChI is InChI=1S/C15H25ClN2O2S/c1-11(2)8-12(3)18(5)21(19,20)15-9-13(10-17-4)6-7-14(15)16/h6-7,9,11-12,17H,8,10H2,1-5H3. The van der Waals surface area contributed by atoms with Gasteiger partial charge in [-0.1, -0.05) is 31.5 Å². The minimum atomic E-state index is -3.58. The summed E-state index contributed by atoms with van der Waals surface area (Å²) in [7, 11) is -0.148. The summed E-state index contributed by atoms with van der Waals surface area (Å²) in [4.78, 5) is 0.176. The summed E-state index contributed by atoms with van der Waals surface area (Å²) in [6.07, 6.45) is 0.809. The molecule has 0 heterocycles. The molecule has 4 nitrogen and oxygen atoms in total. The molecule has 1 atom stereocenters. The highest BCUT2D eigenvalue weighted by Crippen LogP contribution is 2.27. The van der Waals surface area contributed by atoms with Gasteiger partial charge in [-0.05, 0) is 44.0 Å². The first-order chi connectivity index (χ1) is 9.70. The van der Waals surface area contributed by atoms with Crippen molar-refractivity contribution in [3.63, 3.8) is 0 Å². The van der Waals surface area contributed by atoms with E-state index < -0.39 is 10.0 Å². The number of nitrogens with one attached hydrogen (secondary N) is 1. The van der Waals surface area contributed by atoms with E-state index in [-0.39, 0.29) is 16.0 Å². The van der Waals surface area contributed by atoms with E-state index in [4.69, 9.17) is 11.6 Å². The Hall–Kier alpha value is -0.620. The fraction of sp³-hybridized carbons (Fsp3) is 0.600. The number of rotatable bonds is 7. The summed E-state index contributed by atoms with van der Waals surface area (Å²) in [5.41, 5.74) is 0.894. The van der Waals surface area contributed by atoms with E-state index in [0.717, 1.165) is 12.0 Å². The van der Waals surface area contributed by atoms with Crippen molar-refractivity contribution in [1.29, 1.82) is 0 Å². The van der Waals surface area contributed by atoms with Crippen molar-refractivity contribution in [2.24, 2.45) is 5.92 Å². The minimum Gasteiger partial charge on any atom is -0.316 e. The van der Waals surface area contributed by atoms with Gasteiger partial charge in [0.2, 0.25) is 10.0 Å². The smallest absolute Gasteiger partial charge is 0.244 e. The van der Waals surface area contributed by atoms with Crippen LogP contribution >= 0.6 is 11.6 Å². The minimum absolute atomic E-state index is 0.0703. The molecule has 0 saturated carbocycles. The topological polar surface area (TPSA) is 49.4 Å². The highest BCUT2D eigenvalue weighted by atomic mass is 35.5. The Bertz CT molecular complexity index is 573. The lowest BCUT2D eigenvalue weighted by Gasteiger charge is -2.26. The van der Waals surface area contributed by atoms with E-state index >= 15 is 0 Å². The van der Waals surface area contributed by atoms with Gasteiger partial charge in [0.1, 0.15) is 4.90 Å². The zero-order chi connectivity index (χ0) is 16.2. The maximum atomic E-state index is 12.8. The van der Waals surface area contributed by atoms with Gasteiger partial charge in [0.15, 0.2) is 0 Å². The van der Waals surface area contributed by atoms with Gasteiger partial charge in [0.25, 0.3) is 0 Å². The van der Waals surface area contributed by atoms with Crippen molar-refractivity contribution in [3.05, 3.63) is 28.8 Å². The Morgan fingerprint density at radius 1 is 1.29 bits per heavy atom. The largest absolute Gasteiger partial charge is 0.316 e. The van der Waals surface area contributed by atoms with Gasteiger partial charge in [0.05, 0.1) is 5.02 Å². The molecule has 120 valence electrons. The quantitative estimate of drug-likeness (QED) is 0.834. The van der Waals surface area contributed by atoms with Crippen LogP contribution in [0.3, 0.4) is 0 Å². The third-order valence-corrected chi connectivity index (χ3v) is 5.92. The maximum absolute atomic E-state index is 12.8. The highest BCUT2D eigenvalue weighted by molar-refractivity contribution is 7.89.